The highest BCUT2D eigenvalue weighted by Crippen LogP contribution is 2.17. The molecule has 0 saturated heterocycles. The first-order chi connectivity index (χ1) is 9.52. The van der Waals surface area contributed by atoms with Crippen LogP contribution in [0.4, 0.5) is 0 Å². The summed E-state index contributed by atoms with van der Waals surface area (Å²) in [5.41, 5.74) is 1.38. The topological polar surface area (TPSA) is 79.3 Å². The van der Waals surface area contributed by atoms with Crippen molar-refractivity contribution in [2.75, 3.05) is 13.2 Å². The Hall–Kier alpha value is -1.50. The number of hydrogen-bond donors (Lipinski definition) is 2. The van der Waals surface area contributed by atoms with E-state index in [1.54, 1.807) is 19.2 Å². The molecule has 0 spiro atoms. The minimum Gasteiger partial charge on any atom is -0.396 e. The molecule has 1 heterocycles. The van der Waals surface area contributed by atoms with Crippen LogP contribution < -0.4 is 4.72 Å². The first-order valence-corrected chi connectivity index (χ1v) is 8.08. The Labute approximate surface area is 118 Å². The third kappa shape index (κ3) is 3.75. The van der Waals surface area contributed by atoms with E-state index in [9.17, 15) is 8.42 Å². The molecule has 108 valence electrons. The second kappa shape index (κ2) is 6.30. The van der Waals surface area contributed by atoms with E-state index in [1.165, 1.54) is 0 Å². The predicted octanol–water partition coefficient (Wildman–Crippen LogP) is 1.28. The van der Waals surface area contributed by atoms with E-state index < -0.39 is 10.0 Å². The molecule has 20 heavy (non-hydrogen) atoms. The number of aromatic nitrogens is 1. The summed E-state index contributed by atoms with van der Waals surface area (Å²) in [7, 11) is -3.43. The van der Waals surface area contributed by atoms with Crippen molar-refractivity contribution in [3.05, 3.63) is 42.1 Å². The number of rotatable bonds is 6. The van der Waals surface area contributed by atoms with Gasteiger partial charge < -0.3 is 5.11 Å². The molecule has 0 saturated carbocycles. The van der Waals surface area contributed by atoms with Gasteiger partial charge in [-0.2, -0.15) is 0 Å². The van der Waals surface area contributed by atoms with E-state index >= 15 is 0 Å². The van der Waals surface area contributed by atoms with E-state index in [0.29, 0.717) is 11.1 Å². The summed E-state index contributed by atoms with van der Waals surface area (Å²) in [5.74, 6) is -0.213. The zero-order valence-corrected chi connectivity index (χ0v) is 12.1. The molecule has 2 N–H and O–H groups in total. The van der Waals surface area contributed by atoms with Gasteiger partial charge in [0.1, 0.15) is 0 Å². The Morgan fingerprint density at radius 3 is 2.80 bits per heavy atom. The molecule has 0 aliphatic rings. The van der Waals surface area contributed by atoms with Crippen molar-refractivity contribution in [3.63, 3.8) is 0 Å². The number of benzene rings is 1. The standard InChI is InChI=1S/C14H18N2O3S/c1-11(9-17)8-16-20(18,19)10-13-5-2-4-12-6-3-7-15-14(12)13/h2-7,11,16-17H,8-10H2,1H3. The first kappa shape index (κ1) is 14.9. The molecule has 0 amide bonds. The maximum Gasteiger partial charge on any atom is 0.215 e. The number of aliphatic hydroxyl groups is 1. The molecule has 0 bridgehead atoms. The molecule has 1 aromatic carbocycles. The van der Waals surface area contributed by atoms with Crippen LogP contribution in [0.1, 0.15) is 12.5 Å². The van der Waals surface area contributed by atoms with Crippen LogP contribution in [0.15, 0.2) is 36.5 Å². The van der Waals surface area contributed by atoms with Crippen LogP contribution in [-0.2, 0) is 15.8 Å². The lowest BCUT2D eigenvalue weighted by atomic mass is 10.1. The van der Waals surface area contributed by atoms with Crippen molar-refractivity contribution in [3.8, 4) is 0 Å². The predicted molar refractivity (Wildman–Crippen MR) is 78.6 cm³/mol. The van der Waals surface area contributed by atoms with Gasteiger partial charge in [-0.15, -0.1) is 0 Å². The Balaban J connectivity index is 2.19. The van der Waals surface area contributed by atoms with Gasteiger partial charge in [0.05, 0.1) is 11.3 Å². The monoisotopic (exact) mass is 294 g/mol. The molecule has 5 nitrogen and oxygen atoms in total. The van der Waals surface area contributed by atoms with E-state index in [4.69, 9.17) is 5.11 Å². The lowest BCUT2D eigenvalue weighted by molar-refractivity contribution is 0.238. The molecule has 1 atom stereocenters. The molecule has 0 aliphatic carbocycles. The minimum absolute atomic E-state index is 0.0433. The fourth-order valence-electron chi connectivity index (χ4n) is 1.87. The van der Waals surface area contributed by atoms with Crippen LogP contribution in [0, 0.1) is 5.92 Å². The Kier molecular flexibility index (Phi) is 4.69. The summed E-state index contributed by atoms with van der Waals surface area (Å²) in [6.07, 6.45) is 1.65. The number of fused-ring (bicyclic) bond motifs is 1. The second-order valence-electron chi connectivity index (χ2n) is 4.89. The number of sulfonamides is 1. The third-order valence-electron chi connectivity index (χ3n) is 3.03. The fraction of sp³-hybridized carbons (Fsp3) is 0.357. The van der Waals surface area contributed by atoms with Crippen LogP contribution in [0.25, 0.3) is 10.9 Å². The van der Waals surface area contributed by atoms with Crippen LogP contribution in [0.5, 0.6) is 0 Å². The lowest BCUT2D eigenvalue weighted by Gasteiger charge is -2.11. The quantitative estimate of drug-likeness (QED) is 0.841. The molecule has 1 unspecified atom stereocenters. The number of nitrogens with zero attached hydrogens (tertiary/aromatic N) is 1. The van der Waals surface area contributed by atoms with Gasteiger partial charge >= 0.3 is 0 Å². The normalized spacial score (nSPS) is 13.5. The van der Waals surface area contributed by atoms with Crippen LogP contribution in [-0.4, -0.2) is 31.7 Å². The molecule has 0 radical (unpaired) electrons. The van der Waals surface area contributed by atoms with Gasteiger partial charge in [-0.25, -0.2) is 13.1 Å². The number of hydrogen-bond acceptors (Lipinski definition) is 4. The van der Waals surface area contributed by atoms with Crippen molar-refractivity contribution in [2.24, 2.45) is 5.92 Å². The summed E-state index contributed by atoms with van der Waals surface area (Å²) in [6.45, 7) is 1.97. The summed E-state index contributed by atoms with van der Waals surface area (Å²) in [6, 6.07) is 9.22. The van der Waals surface area contributed by atoms with E-state index in [0.717, 1.165) is 5.39 Å². The minimum atomic E-state index is -3.43. The maximum atomic E-state index is 12.0. The molecular formula is C14H18N2O3S. The molecule has 1 aromatic heterocycles. The highest BCUT2D eigenvalue weighted by atomic mass is 32.2. The van der Waals surface area contributed by atoms with E-state index in [-0.39, 0.29) is 24.8 Å². The van der Waals surface area contributed by atoms with Crippen molar-refractivity contribution < 1.29 is 13.5 Å². The maximum absolute atomic E-state index is 12.0. The summed E-state index contributed by atoms with van der Waals surface area (Å²) in [4.78, 5) is 4.24. The SMILES string of the molecule is CC(CO)CNS(=O)(=O)Cc1cccc2cccnc12. The largest absolute Gasteiger partial charge is 0.396 e. The number of pyridine rings is 1. The van der Waals surface area contributed by atoms with E-state index in [2.05, 4.69) is 9.71 Å². The van der Waals surface area contributed by atoms with Gasteiger partial charge in [0.15, 0.2) is 0 Å². The fourth-order valence-corrected chi connectivity index (χ4v) is 3.16. The van der Waals surface area contributed by atoms with E-state index in [1.807, 2.05) is 24.3 Å². The van der Waals surface area contributed by atoms with Gasteiger partial charge in [0.25, 0.3) is 0 Å². The Morgan fingerprint density at radius 1 is 1.30 bits per heavy atom. The molecular weight excluding hydrogens is 276 g/mol. The number of nitrogens with one attached hydrogen (secondary N) is 1. The van der Waals surface area contributed by atoms with Crippen LogP contribution in [0.2, 0.25) is 0 Å². The first-order valence-electron chi connectivity index (χ1n) is 6.42. The van der Waals surface area contributed by atoms with Gasteiger partial charge in [-0.3, -0.25) is 4.98 Å². The van der Waals surface area contributed by atoms with Crippen LogP contribution >= 0.6 is 0 Å². The summed E-state index contributed by atoms with van der Waals surface area (Å²) in [5, 5.41) is 9.84. The highest BCUT2D eigenvalue weighted by molar-refractivity contribution is 7.88. The second-order valence-corrected chi connectivity index (χ2v) is 6.69. The van der Waals surface area contributed by atoms with Gasteiger partial charge in [-0.1, -0.05) is 31.2 Å². The van der Waals surface area contributed by atoms with Gasteiger partial charge in [0, 0.05) is 24.7 Å². The summed E-state index contributed by atoms with van der Waals surface area (Å²) < 4.78 is 26.6. The van der Waals surface area contributed by atoms with Crippen molar-refractivity contribution in [1.82, 2.24) is 9.71 Å². The Bertz CT molecular complexity index is 680. The average molecular weight is 294 g/mol. The van der Waals surface area contributed by atoms with Crippen molar-refractivity contribution in [1.29, 1.82) is 0 Å². The molecule has 0 aliphatic heterocycles. The highest BCUT2D eigenvalue weighted by Gasteiger charge is 2.15. The zero-order chi connectivity index (χ0) is 14.6. The lowest BCUT2D eigenvalue weighted by Crippen LogP contribution is -2.30. The van der Waals surface area contributed by atoms with Crippen LogP contribution in [0.3, 0.4) is 0 Å². The molecule has 0 fully saturated rings. The van der Waals surface area contributed by atoms with Gasteiger partial charge in [0.2, 0.25) is 10.0 Å². The molecule has 2 rings (SSSR count). The zero-order valence-electron chi connectivity index (χ0n) is 11.3. The summed E-state index contributed by atoms with van der Waals surface area (Å²) >= 11 is 0. The average Bonchev–Trinajstić information content (AvgIpc) is 2.45. The molecule has 2 aromatic rings. The van der Waals surface area contributed by atoms with Gasteiger partial charge in [-0.05, 0) is 17.5 Å². The Morgan fingerprint density at radius 2 is 2.05 bits per heavy atom. The number of aliphatic hydroxyl groups excluding tert-OH is 1. The van der Waals surface area contributed by atoms with Crippen molar-refractivity contribution >= 4 is 20.9 Å². The number of para-hydroxylation sites is 1. The third-order valence-corrected chi connectivity index (χ3v) is 4.32. The smallest absolute Gasteiger partial charge is 0.215 e. The molecule has 6 heteroatoms. The van der Waals surface area contributed by atoms with Crippen molar-refractivity contribution in [2.45, 2.75) is 12.7 Å².